The summed E-state index contributed by atoms with van der Waals surface area (Å²) in [6.45, 7) is 3.66. The Kier molecular flexibility index (Phi) is 3.76. The first-order chi connectivity index (χ1) is 10.1. The number of anilines is 1. The molecule has 3 nitrogen and oxygen atoms in total. The van der Waals surface area contributed by atoms with Crippen LogP contribution in [0.1, 0.15) is 28.4 Å². The molecule has 0 aromatic heterocycles. The summed E-state index contributed by atoms with van der Waals surface area (Å²) in [5, 5.41) is 0. The number of ketones is 1. The molecule has 3 rings (SSSR count). The molecule has 2 N–H and O–H groups in total. The van der Waals surface area contributed by atoms with Gasteiger partial charge in [-0.25, -0.2) is 0 Å². The molecule has 3 heteroatoms. The van der Waals surface area contributed by atoms with Gasteiger partial charge in [0.1, 0.15) is 0 Å². The van der Waals surface area contributed by atoms with Crippen molar-refractivity contribution >= 4 is 11.5 Å². The third kappa shape index (κ3) is 2.83. The van der Waals surface area contributed by atoms with E-state index in [-0.39, 0.29) is 5.78 Å². The number of Topliss-reactive ketones (excluding diaryl/α,β-unsaturated/α-hetero) is 1. The molecule has 108 valence electrons. The zero-order chi connectivity index (χ0) is 14.8. The van der Waals surface area contributed by atoms with Crippen molar-refractivity contribution in [3.8, 4) is 0 Å². The average Bonchev–Trinajstić information content (AvgIpc) is 2.54. The summed E-state index contributed by atoms with van der Waals surface area (Å²) in [5.41, 5.74) is 10.3. The fourth-order valence-corrected chi connectivity index (χ4v) is 2.82. The normalized spacial score (nSPS) is 15.4. The standard InChI is InChI=1S/C18H20N2O/c1-13(19)18(21)15-6-8-17(9-7-15)20-11-10-14-4-2-3-5-16(14)12-20/h2-9,13H,10-12,19H2,1H3. The summed E-state index contributed by atoms with van der Waals surface area (Å²) in [7, 11) is 0. The summed E-state index contributed by atoms with van der Waals surface area (Å²) in [4.78, 5) is 14.2. The fourth-order valence-electron chi connectivity index (χ4n) is 2.82. The van der Waals surface area contributed by atoms with Gasteiger partial charge in [-0.2, -0.15) is 0 Å². The highest BCUT2D eigenvalue weighted by Crippen LogP contribution is 2.24. The van der Waals surface area contributed by atoms with Gasteiger partial charge in [-0.05, 0) is 48.7 Å². The third-order valence-electron chi connectivity index (χ3n) is 4.06. The quantitative estimate of drug-likeness (QED) is 0.879. The first-order valence-corrected chi connectivity index (χ1v) is 7.37. The fraction of sp³-hybridized carbons (Fsp3) is 0.278. The monoisotopic (exact) mass is 280 g/mol. The number of carbonyl (C=O) groups excluding carboxylic acids is 1. The van der Waals surface area contributed by atoms with E-state index in [0.29, 0.717) is 5.56 Å². The van der Waals surface area contributed by atoms with Gasteiger partial charge in [-0.3, -0.25) is 4.79 Å². The second-order valence-electron chi connectivity index (χ2n) is 5.64. The van der Waals surface area contributed by atoms with Crippen LogP contribution in [0.2, 0.25) is 0 Å². The Morgan fingerprint density at radius 1 is 1.10 bits per heavy atom. The smallest absolute Gasteiger partial charge is 0.179 e. The Labute approximate surface area is 125 Å². The minimum absolute atomic E-state index is 0.00876. The van der Waals surface area contributed by atoms with E-state index in [1.54, 1.807) is 6.92 Å². The van der Waals surface area contributed by atoms with Gasteiger partial charge in [0, 0.05) is 24.3 Å². The van der Waals surface area contributed by atoms with Crippen LogP contribution in [0.25, 0.3) is 0 Å². The number of benzene rings is 2. The number of hydrogen-bond donors (Lipinski definition) is 1. The molecular weight excluding hydrogens is 260 g/mol. The maximum Gasteiger partial charge on any atom is 0.179 e. The van der Waals surface area contributed by atoms with E-state index in [4.69, 9.17) is 5.73 Å². The van der Waals surface area contributed by atoms with E-state index in [9.17, 15) is 4.79 Å². The van der Waals surface area contributed by atoms with E-state index in [1.807, 2.05) is 24.3 Å². The van der Waals surface area contributed by atoms with Crippen molar-refractivity contribution in [1.29, 1.82) is 0 Å². The molecule has 1 aliphatic rings. The highest BCUT2D eigenvalue weighted by atomic mass is 16.1. The highest BCUT2D eigenvalue weighted by molar-refractivity contribution is 5.99. The molecular formula is C18H20N2O. The van der Waals surface area contributed by atoms with Gasteiger partial charge < -0.3 is 10.6 Å². The topological polar surface area (TPSA) is 46.3 Å². The van der Waals surface area contributed by atoms with E-state index in [1.165, 1.54) is 11.1 Å². The number of nitrogens with two attached hydrogens (primary N) is 1. The molecule has 2 aromatic rings. The Bertz CT molecular complexity index is 647. The largest absolute Gasteiger partial charge is 0.367 e. The van der Waals surface area contributed by atoms with Crippen LogP contribution in [0.15, 0.2) is 48.5 Å². The van der Waals surface area contributed by atoms with Crippen molar-refractivity contribution in [3.63, 3.8) is 0 Å². The van der Waals surface area contributed by atoms with Crippen LogP contribution in [0.3, 0.4) is 0 Å². The molecule has 0 bridgehead atoms. The second kappa shape index (κ2) is 5.70. The predicted molar refractivity (Wildman–Crippen MR) is 85.6 cm³/mol. The molecule has 0 saturated heterocycles. The van der Waals surface area contributed by atoms with Crippen molar-refractivity contribution < 1.29 is 4.79 Å². The van der Waals surface area contributed by atoms with Gasteiger partial charge in [0.05, 0.1) is 6.04 Å². The minimum Gasteiger partial charge on any atom is -0.367 e. The molecule has 0 fully saturated rings. The molecule has 0 aliphatic carbocycles. The van der Waals surface area contributed by atoms with E-state index < -0.39 is 6.04 Å². The maximum atomic E-state index is 11.9. The molecule has 21 heavy (non-hydrogen) atoms. The summed E-state index contributed by atoms with van der Waals surface area (Å²) < 4.78 is 0. The Morgan fingerprint density at radius 2 is 1.76 bits per heavy atom. The third-order valence-corrected chi connectivity index (χ3v) is 4.06. The lowest BCUT2D eigenvalue weighted by molar-refractivity contribution is 0.0968. The molecule has 0 spiro atoms. The first-order valence-electron chi connectivity index (χ1n) is 7.37. The van der Waals surface area contributed by atoms with Crippen molar-refractivity contribution in [1.82, 2.24) is 0 Å². The molecule has 0 saturated carbocycles. The summed E-state index contributed by atoms with van der Waals surface area (Å²) >= 11 is 0. The Morgan fingerprint density at radius 3 is 2.43 bits per heavy atom. The molecule has 1 aliphatic heterocycles. The highest BCUT2D eigenvalue weighted by Gasteiger charge is 2.17. The van der Waals surface area contributed by atoms with Crippen LogP contribution in [0.5, 0.6) is 0 Å². The molecule has 0 radical (unpaired) electrons. The molecule has 1 unspecified atom stereocenters. The van der Waals surface area contributed by atoms with Crippen molar-refractivity contribution in [2.45, 2.75) is 25.9 Å². The summed E-state index contributed by atoms with van der Waals surface area (Å²) in [6.07, 6.45) is 1.07. The van der Waals surface area contributed by atoms with Crippen LogP contribution in [-0.2, 0) is 13.0 Å². The van der Waals surface area contributed by atoms with Gasteiger partial charge in [0.2, 0.25) is 0 Å². The maximum absolute atomic E-state index is 11.9. The second-order valence-corrected chi connectivity index (χ2v) is 5.64. The number of nitrogens with zero attached hydrogens (tertiary/aromatic N) is 1. The zero-order valence-corrected chi connectivity index (χ0v) is 12.3. The number of fused-ring (bicyclic) bond motifs is 1. The lowest BCUT2D eigenvalue weighted by Crippen LogP contribution is -2.30. The van der Waals surface area contributed by atoms with Crippen molar-refractivity contribution in [2.75, 3.05) is 11.4 Å². The van der Waals surface area contributed by atoms with Gasteiger partial charge in [0.25, 0.3) is 0 Å². The van der Waals surface area contributed by atoms with Gasteiger partial charge in [-0.1, -0.05) is 24.3 Å². The summed E-state index contributed by atoms with van der Waals surface area (Å²) in [6, 6.07) is 15.9. The molecule has 1 heterocycles. The minimum atomic E-state index is -0.447. The van der Waals surface area contributed by atoms with E-state index >= 15 is 0 Å². The first kappa shape index (κ1) is 13.8. The Hall–Kier alpha value is -2.13. The lowest BCUT2D eigenvalue weighted by Gasteiger charge is -2.30. The number of carbonyl (C=O) groups is 1. The van der Waals surface area contributed by atoms with Crippen LogP contribution >= 0.6 is 0 Å². The number of rotatable bonds is 3. The molecule has 0 amide bonds. The van der Waals surface area contributed by atoms with E-state index in [0.717, 1.165) is 25.2 Å². The SMILES string of the molecule is CC(N)C(=O)c1ccc(N2CCc3ccccc3C2)cc1. The molecule has 1 atom stereocenters. The predicted octanol–water partition coefficient (Wildman–Crippen LogP) is 2.78. The van der Waals surface area contributed by atoms with E-state index in [2.05, 4.69) is 29.2 Å². The molecule has 2 aromatic carbocycles. The summed E-state index contributed by atoms with van der Waals surface area (Å²) in [5.74, 6) is -0.00876. The van der Waals surface area contributed by atoms with Crippen molar-refractivity contribution in [3.05, 3.63) is 65.2 Å². The van der Waals surface area contributed by atoms with Gasteiger partial charge >= 0.3 is 0 Å². The van der Waals surface area contributed by atoms with Crippen LogP contribution in [-0.4, -0.2) is 18.4 Å². The lowest BCUT2D eigenvalue weighted by atomic mass is 9.99. The number of hydrogen-bond acceptors (Lipinski definition) is 3. The van der Waals surface area contributed by atoms with Crippen LogP contribution in [0, 0.1) is 0 Å². The van der Waals surface area contributed by atoms with Gasteiger partial charge in [-0.15, -0.1) is 0 Å². The average molecular weight is 280 g/mol. The Balaban J connectivity index is 1.78. The van der Waals surface area contributed by atoms with Crippen LogP contribution in [0.4, 0.5) is 5.69 Å². The zero-order valence-electron chi connectivity index (χ0n) is 12.3. The van der Waals surface area contributed by atoms with Crippen molar-refractivity contribution in [2.24, 2.45) is 5.73 Å². The van der Waals surface area contributed by atoms with Crippen LogP contribution < -0.4 is 10.6 Å². The van der Waals surface area contributed by atoms with Gasteiger partial charge in [0.15, 0.2) is 5.78 Å².